The second kappa shape index (κ2) is 12.5. The lowest BCUT2D eigenvalue weighted by Gasteiger charge is -2.32. The Morgan fingerprint density at radius 3 is 2.31 bits per heavy atom. The van der Waals surface area contributed by atoms with Crippen molar-refractivity contribution in [3.8, 4) is 11.5 Å². The minimum Gasteiger partial charge on any atom is -0.486 e. The molecule has 11 heteroatoms. The van der Waals surface area contributed by atoms with Crippen LogP contribution >= 0.6 is 15.9 Å². The highest BCUT2D eigenvalue weighted by Gasteiger charge is 2.33. The number of nitrogens with zero attached hydrogens (tertiary/aromatic N) is 2. The van der Waals surface area contributed by atoms with E-state index in [1.807, 2.05) is 24.3 Å². The number of halogens is 1. The van der Waals surface area contributed by atoms with Gasteiger partial charge in [-0.05, 0) is 55.8 Å². The number of ether oxygens (including phenoxy) is 2. The minimum absolute atomic E-state index is 0.0314. The molecular formula is C28H30BrN3O6S. The third kappa shape index (κ3) is 6.72. The molecule has 4 rings (SSSR count). The van der Waals surface area contributed by atoms with Crippen molar-refractivity contribution >= 4 is 43.5 Å². The summed E-state index contributed by atoms with van der Waals surface area (Å²) in [5.41, 5.74) is 1.03. The first-order valence-electron chi connectivity index (χ1n) is 12.5. The zero-order chi connectivity index (χ0) is 28.0. The lowest BCUT2D eigenvalue weighted by Crippen LogP contribution is -2.51. The van der Waals surface area contributed by atoms with E-state index >= 15 is 0 Å². The summed E-state index contributed by atoms with van der Waals surface area (Å²) in [6, 6.07) is 19.2. The van der Waals surface area contributed by atoms with Crippen LogP contribution in [0.25, 0.3) is 0 Å². The van der Waals surface area contributed by atoms with Crippen molar-refractivity contribution in [3.63, 3.8) is 0 Å². The number of carbonyl (C=O) groups is 2. The average Bonchev–Trinajstić information content (AvgIpc) is 2.95. The van der Waals surface area contributed by atoms with Gasteiger partial charge in [-0.15, -0.1) is 0 Å². The maximum atomic E-state index is 13.9. The first kappa shape index (κ1) is 28.4. The van der Waals surface area contributed by atoms with Gasteiger partial charge in [0.1, 0.15) is 25.8 Å². The molecule has 1 heterocycles. The summed E-state index contributed by atoms with van der Waals surface area (Å²) in [6.07, 6.45) is 0. The number of anilines is 1. The highest BCUT2D eigenvalue weighted by molar-refractivity contribution is 9.10. The highest BCUT2D eigenvalue weighted by Crippen LogP contribution is 2.36. The molecule has 0 bridgehead atoms. The maximum Gasteiger partial charge on any atom is 0.264 e. The van der Waals surface area contributed by atoms with E-state index in [4.69, 9.17) is 9.47 Å². The van der Waals surface area contributed by atoms with Crippen molar-refractivity contribution in [2.45, 2.75) is 31.3 Å². The van der Waals surface area contributed by atoms with Gasteiger partial charge in [-0.25, -0.2) is 8.42 Å². The van der Waals surface area contributed by atoms with Crippen molar-refractivity contribution in [2.75, 3.05) is 30.6 Å². The van der Waals surface area contributed by atoms with Gasteiger partial charge in [0, 0.05) is 23.6 Å². The topological polar surface area (TPSA) is 105 Å². The molecular weight excluding hydrogens is 586 g/mol. The highest BCUT2D eigenvalue weighted by atomic mass is 79.9. The molecule has 0 fully saturated rings. The summed E-state index contributed by atoms with van der Waals surface area (Å²) >= 11 is 3.40. The van der Waals surface area contributed by atoms with Gasteiger partial charge in [-0.3, -0.25) is 13.9 Å². The molecule has 9 nitrogen and oxygen atoms in total. The van der Waals surface area contributed by atoms with Crippen LogP contribution in [0, 0.1) is 0 Å². The molecule has 0 aromatic heterocycles. The number of likely N-dealkylation sites (N-methyl/N-ethyl adjacent to an activating group) is 1. The largest absolute Gasteiger partial charge is 0.486 e. The van der Waals surface area contributed by atoms with Gasteiger partial charge >= 0.3 is 0 Å². The van der Waals surface area contributed by atoms with Crippen molar-refractivity contribution in [3.05, 3.63) is 82.8 Å². The Kier molecular flexibility index (Phi) is 9.13. The first-order valence-corrected chi connectivity index (χ1v) is 14.7. The minimum atomic E-state index is -4.16. The molecule has 0 unspecified atom stereocenters. The fraction of sp³-hybridized carbons (Fsp3) is 0.286. The Labute approximate surface area is 236 Å². The van der Waals surface area contributed by atoms with Crippen LogP contribution in [0.3, 0.4) is 0 Å². The monoisotopic (exact) mass is 615 g/mol. The Morgan fingerprint density at radius 2 is 1.64 bits per heavy atom. The summed E-state index contributed by atoms with van der Waals surface area (Å²) in [5.74, 6) is 0.0165. The van der Waals surface area contributed by atoms with Gasteiger partial charge in [-0.2, -0.15) is 0 Å². The summed E-state index contributed by atoms with van der Waals surface area (Å²) < 4.78 is 40.9. The molecule has 206 valence electrons. The van der Waals surface area contributed by atoms with E-state index in [0.717, 1.165) is 14.3 Å². The quantitative estimate of drug-likeness (QED) is 0.370. The van der Waals surface area contributed by atoms with Crippen molar-refractivity contribution in [1.82, 2.24) is 10.2 Å². The molecule has 1 atom stereocenters. The number of hydrogen-bond acceptors (Lipinski definition) is 6. The van der Waals surface area contributed by atoms with Gasteiger partial charge in [0.15, 0.2) is 11.5 Å². The van der Waals surface area contributed by atoms with Gasteiger partial charge in [0.25, 0.3) is 10.0 Å². The average molecular weight is 617 g/mol. The second-order valence-electron chi connectivity index (χ2n) is 8.87. The molecule has 3 aromatic rings. The lowest BCUT2D eigenvalue weighted by atomic mass is 10.1. The Bertz CT molecular complexity index is 1420. The third-order valence-electron chi connectivity index (χ3n) is 6.21. The number of nitrogens with one attached hydrogen (secondary N) is 1. The Hall–Kier alpha value is -3.57. The Morgan fingerprint density at radius 1 is 0.974 bits per heavy atom. The van der Waals surface area contributed by atoms with Crippen LogP contribution in [0.1, 0.15) is 19.4 Å². The molecule has 0 radical (unpaired) electrons. The van der Waals surface area contributed by atoms with E-state index in [1.54, 1.807) is 50.2 Å². The van der Waals surface area contributed by atoms with Crippen LogP contribution in [0.5, 0.6) is 11.5 Å². The SMILES string of the molecule is CCNC(=O)[C@@H](C)N(Cc1ccc(Br)cc1)C(=O)CN(c1ccc2c(c1)OCCO2)S(=O)(=O)c1ccccc1. The molecule has 1 N–H and O–H groups in total. The number of hydrogen-bond donors (Lipinski definition) is 1. The zero-order valence-electron chi connectivity index (χ0n) is 21.7. The van der Waals surface area contributed by atoms with Crippen LogP contribution in [0.2, 0.25) is 0 Å². The fourth-order valence-corrected chi connectivity index (χ4v) is 5.82. The molecule has 0 aliphatic carbocycles. The summed E-state index contributed by atoms with van der Waals surface area (Å²) in [7, 11) is -4.16. The molecule has 0 spiro atoms. The van der Waals surface area contributed by atoms with Gasteiger partial charge < -0.3 is 19.7 Å². The number of amides is 2. The van der Waals surface area contributed by atoms with Crippen LogP contribution in [0.15, 0.2) is 82.2 Å². The summed E-state index contributed by atoms with van der Waals surface area (Å²) in [5, 5.41) is 2.75. The number of sulfonamides is 1. The van der Waals surface area contributed by atoms with Crippen LogP contribution in [-0.4, -0.2) is 57.5 Å². The molecule has 2 amide bonds. The smallest absolute Gasteiger partial charge is 0.264 e. The van der Waals surface area contributed by atoms with E-state index in [2.05, 4.69) is 21.2 Å². The number of carbonyl (C=O) groups excluding carboxylic acids is 2. The third-order valence-corrected chi connectivity index (χ3v) is 8.53. The maximum absolute atomic E-state index is 13.9. The van der Waals surface area contributed by atoms with E-state index in [1.165, 1.54) is 17.0 Å². The van der Waals surface area contributed by atoms with Gasteiger partial charge in [-0.1, -0.05) is 46.3 Å². The second-order valence-corrected chi connectivity index (χ2v) is 11.6. The van der Waals surface area contributed by atoms with E-state index in [9.17, 15) is 18.0 Å². The predicted octanol–water partition coefficient (Wildman–Crippen LogP) is 3.97. The number of benzene rings is 3. The Balaban J connectivity index is 1.73. The van der Waals surface area contributed by atoms with Gasteiger partial charge in [0.2, 0.25) is 11.8 Å². The molecule has 0 saturated heterocycles. The van der Waals surface area contributed by atoms with Crippen LogP contribution < -0.4 is 19.1 Å². The van der Waals surface area contributed by atoms with E-state index < -0.39 is 28.5 Å². The summed E-state index contributed by atoms with van der Waals surface area (Å²) in [4.78, 5) is 28.1. The van der Waals surface area contributed by atoms with Crippen molar-refractivity contribution in [1.29, 1.82) is 0 Å². The molecule has 1 aliphatic heterocycles. The van der Waals surface area contributed by atoms with E-state index in [-0.39, 0.29) is 23.0 Å². The van der Waals surface area contributed by atoms with Crippen molar-refractivity contribution in [2.24, 2.45) is 0 Å². The lowest BCUT2D eigenvalue weighted by molar-refractivity contribution is -0.139. The normalized spacial score (nSPS) is 13.3. The zero-order valence-corrected chi connectivity index (χ0v) is 24.1. The standard InChI is InChI=1S/C28H30BrN3O6S/c1-3-30-28(34)20(2)31(18-21-9-11-22(29)12-10-21)27(33)19-32(39(35,36)24-7-5-4-6-8-24)23-13-14-25-26(17-23)38-16-15-37-25/h4-14,17,20H,3,15-16,18-19H2,1-2H3,(H,30,34)/t20-/m1/s1. The molecule has 3 aromatic carbocycles. The van der Waals surface area contributed by atoms with Crippen molar-refractivity contribution < 1.29 is 27.5 Å². The molecule has 1 aliphatic rings. The fourth-order valence-electron chi connectivity index (χ4n) is 4.13. The van der Waals surface area contributed by atoms with Crippen LogP contribution in [-0.2, 0) is 26.2 Å². The van der Waals surface area contributed by atoms with Gasteiger partial charge in [0.05, 0.1) is 10.6 Å². The summed E-state index contributed by atoms with van der Waals surface area (Å²) in [6.45, 7) is 4.12. The number of rotatable bonds is 10. The number of fused-ring (bicyclic) bond motifs is 1. The molecule has 0 saturated carbocycles. The first-order chi connectivity index (χ1) is 18.7. The predicted molar refractivity (Wildman–Crippen MR) is 151 cm³/mol. The van der Waals surface area contributed by atoms with E-state index in [0.29, 0.717) is 31.3 Å². The molecule has 39 heavy (non-hydrogen) atoms. The van der Waals surface area contributed by atoms with Crippen LogP contribution in [0.4, 0.5) is 5.69 Å².